The van der Waals surface area contributed by atoms with E-state index in [1.54, 1.807) is 39.5 Å². The summed E-state index contributed by atoms with van der Waals surface area (Å²) in [6, 6.07) is 6.38. The molecule has 0 N–H and O–H groups in total. The minimum atomic E-state index is -4.70. The Balaban J connectivity index is 1.32. The Morgan fingerprint density at radius 2 is 1.80 bits per heavy atom. The van der Waals surface area contributed by atoms with Gasteiger partial charge >= 0.3 is 11.9 Å². The van der Waals surface area contributed by atoms with Crippen molar-refractivity contribution in [2.45, 2.75) is 61.9 Å². The number of piperazine rings is 2. The first-order valence-corrected chi connectivity index (χ1v) is 18.3. The summed E-state index contributed by atoms with van der Waals surface area (Å²) in [5, 5.41) is 5.39. The van der Waals surface area contributed by atoms with E-state index in [1.807, 2.05) is 24.8 Å². The van der Waals surface area contributed by atoms with Gasteiger partial charge in [-0.1, -0.05) is 24.8 Å². The number of para-hydroxylation sites is 1. The number of aromatic nitrogens is 4. The monoisotopic (exact) mass is 706 g/mol. The summed E-state index contributed by atoms with van der Waals surface area (Å²) in [5.74, 6) is 0.458. The number of rotatable bonds is 6. The van der Waals surface area contributed by atoms with Crippen molar-refractivity contribution in [3.05, 3.63) is 59.2 Å². The van der Waals surface area contributed by atoms with Crippen LogP contribution in [0.25, 0.3) is 32.9 Å². The first-order chi connectivity index (χ1) is 23.9. The Morgan fingerprint density at radius 1 is 1.08 bits per heavy atom. The molecule has 3 fully saturated rings. The average molecular weight is 707 g/mol. The highest BCUT2D eigenvalue weighted by molar-refractivity contribution is 7.99. The lowest BCUT2D eigenvalue weighted by Gasteiger charge is -2.45. The standard InChI is InChI=1S/C36H41F3N8O2S/c1-5-29(48)46-21(2)17-45(18-22(46)3)34-27-15-28(36(37,38)39)30(26-8-6-7-23-16-40-42(4)31(23)26)33-32(27)47(35(49)41-34)25(20-50-33)19-43-11-13-44(14-12-43)24-9-10-24/h5-8,15-16,21-22,24-25H,1,9-14,17-20H2,2-4H3/t21-,22+,25-/m0/s1. The number of hydrogen-bond donors (Lipinski definition) is 0. The predicted octanol–water partition coefficient (Wildman–Crippen LogP) is 5.01. The second-order valence-electron chi connectivity index (χ2n) is 14.2. The zero-order chi connectivity index (χ0) is 35.1. The number of halogens is 3. The van der Waals surface area contributed by atoms with Gasteiger partial charge in [0.2, 0.25) is 5.91 Å². The van der Waals surface area contributed by atoms with Crippen molar-refractivity contribution in [1.29, 1.82) is 0 Å². The van der Waals surface area contributed by atoms with E-state index < -0.39 is 17.4 Å². The van der Waals surface area contributed by atoms with Crippen LogP contribution in [0.4, 0.5) is 19.0 Å². The quantitative estimate of drug-likeness (QED) is 0.259. The maximum atomic E-state index is 15.4. The molecule has 3 aliphatic heterocycles. The molecule has 3 atom stereocenters. The first-order valence-electron chi connectivity index (χ1n) is 17.3. The molecule has 8 rings (SSSR count). The lowest BCUT2D eigenvalue weighted by atomic mass is 9.94. The number of alkyl halides is 3. The van der Waals surface area contributed by atoms with Gasteiger partial charge in [0.25, 0.3) is 0 Å². The van der Waals surface area contributed by atoms with Crippen LogP contribution in [0, 0.1) is 0 Å². The van der Waals surface area contributed by atoms with E-state index in [0.717, 1.165) is 31.6 Å². The Labute approximate surface area is 292 Å². The third kappa shape index (κ3) is 5.59. The minimum absolute atomic E-state index is 0.0640. The zero-order valence-electron chi connectivity index (χ0n) is 28.5. The molecule has 50 heavy (non-hydrogen) atoms. The van der Waals surface area contributed by atoms with Gasteiger partial charge in [0.15, 0.2) is 0 Å². The molecule has 5 heterocycles. The summed E-state index contributed by atoms with van der Waals surface area (Å²) < 4.78 is 49.4. The maximum absolute atomic E-state index is 15.4. The van der Waals surface area contributed by atoms with Crippen molar-refractivity contribution in [3.8, 4) is 11.1 Å². The van der Waals surface area contributed by atoms with Crippen LogP contribution in [0.2, 0.25) is 0 Å². The van der Waals surface area contributed by atoms with Crippen molar-refractivity contribution in [1.82, 2.24) is 34.0 Å². The summed E-state index contributed by atoms with van der Waals surface area (Å²) in [6.07, 6.45) is 0.745. The van der Waals surface area contributed by atoms with Gasteiger partial charge in [0, 0.05) is 104 Å². The number of fused-ring (bicyclic) bond motifs is 1. The normalized spacial score (nSPS) is 23.6. The number of aryl methyl sites for hydroxylation is 1. The Hall–Kier alpha value is -3.88. The molecule has 2 saturated heterocycles. The fourth-order valence-corrected chi connectivity index (χ4v) is 9.80. The second-order valence-corrected chi connectivity index (χ2v) is 15.2. The summed E-state index contributed by atoms with van der Waals surface area (Å²) >= 11 is 1.40. The topological polar surface area (TPSA) is 82.7 Å². The zero-order valence-corrected chi connectivity index (χ0v) is 29.3. The van der Waals surface area contributed by atoms with Crippen LogP contribution < -0.4 is 10.6 Å². The van der Waals surface area contributed by atoms with Gasteiger partial charge < -0.3 is 9.80 Å². The Morgan fingerprint density at radius 3 is 2.46 bits per heavy atom. The number of nitrogens with zero attached hydrogens (tertiary/aromatic N) is 8. The van der Waals surface area contributed by atoms with Gasteiger partial charge in [-0.2, -0.15) is 23.3 Å². The van der Waals surface area contributed by atoms with Crippen LogP contribution in [0.3, 0.4) is 0 Å². The van der Waals surface area contributed by atoms with Crippen LogP contribution >= 0.6 is 11.8 Å². The predicted molar refractivity (Wildman–Crippen MR) is 190 cm³/mol. The average Bonchev–Trinajstić information content (AvgIpc) is 3.87. The number of amides is 1. The van der Waals surface area contributed by atoms with E-state index in [2.05, 4.69) is 26.5 Å². The van der Waals surface area contributed by atoms with Crippen LogP contribution in [-0.4, -0.2) is 110 Å². The van der Waals surface area contributed by atoms with E-state index in [9.17, 15) is 9.59 Å². The molecular formula is C36H41F3N8O2S. The highest BCUT2D eigenvalue weighted by Gasteiger charge is 2.41. The second kappa shape index (κ2) is 12.4. The SMILES string of the molecule is C=CC(=O)N1[C@H](C)CN(c2nc(=O)n3c4c(c(-c5cccc6cnn(C)c56)c(C(F)(F)F)cc24)SC[C@@H]3CN2CCN(C3CC3)CC2)C[C@@H]1C. The Kier molecular flexibility index (Phi) is 8.26. The summed E-state index contributed by atoms with van der Waals surface area (Å²) in [4.78, 5) is 40.6. The molecule has 4 aromatic rings. The van der Waals surface area contributed by atoms with Crippen molar-refractivity contribution >= 4 is 45.3 Å². The third-order valence-electron chi connectivity index (χ3n) is 10.9. The van der Waals surface area contributed by atoms with Crippen LogP contribution in [-0.2, 0) is 18.0 Å². The minimum Gasteiger partial charge on any atom is -0.352 e. The Bertz CT molecular complexity index is 2050. The lowest BCUT2D eigenvalue weighted by molar-refractivity contribution is -0.137. The molecule has 0 radical (unpaired) electrons. The van der Waals surface area contributed by atoms with Crippen molar-refractivity contribution < 1.29 is 18.0 Å². The van der Waals surface area contributed by atoms with Crippen molar-refractivity contribution in [2.75, 3.05) is 56.5 Å². The van der Waals surface area contributed by atoms with Gasteiger partial charge in [-0.25, -0.2) is 4.79 Å². The molecule has 2 aromatic heterocycles. The fraction of sp³-hybridized carbons (Fsp3) is 0.500. The highest BCUT2D eigenvalue weighted by Crippen LogP contribution is 2.51. The number of thioether (sulfide) groups is 1. The number of anilines is 1. The molecular weight excluding hydrogens is 666 g/mol. The largest absolute Gasteiger partial charge is 0.417 e. The first kappa shape index (κ1) is 33.3. The molecule has 2 aromatic carbocycles. The summed E-state index contributed by atoms with van der Waals surface area (Å²) in [7, 11) is 1.73. The third-order valence-corrected chi connectivity index (χ3v) is 12.1. The molecule has 1 amide bonds. The van der Waals surface area contributed by atoms with Crippen LogP contribution in [0.1, 0.15) is 38.3 Å². The molecule has 14 heteroatoms. The van der Waals surface area contributed by atoms with E-state index >= 15 is 13.2 Å². The molecule has 0 unspecified atom stereocenters. The van der Waals surface area contributed by atoms with Gasteiger partial charge in [-0.05, 0) is 38.8 Å². The van der Waals surface area contributed by atoms with Crippen LogP contribution in [0.5, 0.6) is 0 Å². The van der Waals surface area contributed by atoms with E-state index in [0.29, 0.717) is 58.3 Å². The highest BCUT2D eigenvalue weighted by atomic mass is 32.2. The number of benzene rings is 2. The van der Waals surface area contributed by atoms with Gasteiger partial charge in [-0.15, -0.1) is 11.8 Å². The van der Waals surface area contributed by atoms with Gasteiger partial charge in [0.05, 0.1) is 28.8 Å². The lowest BCUT2D eigenvalue weighted by Crippen LogP contribution is -2.58. The molecule has 264 valence electrons. The number of hydrogen-bond acceptors (Lipinski definition) is 8. The fourth-order valence-electron chi connectivity index (χ4n) is 8.48. The van der Waals surface area contributed by atoms with Gasteiger partial charge in [-0.3, -0.25) is 23.8 Å². The molecule has 1 saturated carbocycles. The molecule has 4 aliphatic rings. The van der Waals surface area contributed by atoms with E-state index in [1.165, 1.54) is 36.7 Å². The van der Waals surface area contributed by atoms with E-state index in [4.69, 9.17) is 0 Å². The molecule has 0 spiro atoms. The van der Waals surface area contributed by atoms with Gasteiger partial charge in [0.1, 0.15) is 5.82 Å². The number of carbonyl (C=O) groups is 1. The molecule has 10 nitrogen and oxygen atoms in total. The van der Waals surface area contributed by atoms with Crippen molar-refractivity contribution in [3.63, 3.8) is 0 Å². The van der Waals surface area contributed by atoms with Crippen molar-refractivity contribution in [2.24, 2.45) is 7.05 Å². The maximum Gasteiger partial charge on any atom is 0.417 e. The molecule has 0 bridgehead atoms. The number of carbonyl (C=O) groups excluding carboxylic acids is 1. The van der Waals surface area contributed by atoms with Crippen LogP contribution in [0.15, 0.2) is 52.8 Å². The summed E-state index contributed by atoms with van der Waals surface area (Å²) in [6.45, 7) is 12.4. The smallest absolute Gasteiger partial charge is 0.352 e. The summed E-state index contributed by atoms with van der Waals surface area (Å²) in [5.41, 5.74) is 0.332. The molecule has 1 aliphatic carbocycles. The van der Waals surface area contributed by atoms with E-state index in [-0.39, 0.29) is 35.4 Å².